The van der Waals surface area contributed by atoms with Crippen molar-refractivity contribution in [3.8, 4) is 28.4 Å². The number of aromatic hydroxyl groups is 1. The highest BCUT2D eigenvalue weighted by Crippen LogP contribution is 2.31. The van der Waals surface area contributed by atoms with E-state index in [1.54, 1.807) is 18.2 Å². The summed E-state index contributed by atoms with van der Waals surface area (Å²) in [5, 5.41) is 9.97. The minimum Gasteiger partial charge on any atom is -0.506 e. The molecule has 110 valence electrons. The van der Waals surface area contributed by atoms with E-state index in [9.17, 15) is 9.50 Å². The minimum absolute atomic E-state index is 0.0280. The van der Waals surface area contributed by atoms with Gasteiger partial charge in [0.1, 0.15) is 11.4 Å². The van der Waals surface area contributed by atoms with Crippen molar-refractivity contribution in [3.63, 3.8) is 0 Å². The molecule has 0 saturated heterocycles. The lowest BCUT2D eigenvalue weighted by Gasteiger charge is -2.08. The van der Waals surface area contributed by atoms with Crippen LogP contribution in [0.3, 0.4) is 0 Å². The maximum Gasteiger partial charge on any atom is 0.220 e. The third-order valence-electron chi connectivity index (χ3n) is 3.10. The van der Waals surface area contributed by atoms with E-state index >= 15 is 0 Å². The second-order valence-corrected chi connectivity index (χ2v) is 4.57. The van der Waals surface area contributed by atoms with Gasteiger partial charge in [-0.3, -0.25) is 0 Å². The Labute approximate surface area is 125 Å². The highest BCUT2D eigenvalue weighted by molar-refractivity contribution is 5.71. The Morgan fingerprint density at radius 3 is 2.55 bits per heavy atom. The molecule has 0 bridgehead atoms. The predicted octanol–water partition coefficient (Wildman–Crippen LogP) is 2.21. The van der Waals surface area contributed by atoms with E-state index in [1.807, 2.05) is 0 Å². The standard InChI is InChI=1S/C15H12FN5O/c16-13-8(2-1-3-9(13)17)10-4-5-12(22)14(20-10)11-6-7-19-15(18)21-11/h1-7,22H,17H2,(H2,18,19,21). The van der Waals surface area contributed by atoms with E-state index in [1.165, 1.54) is 24.4 Å². The smallest absolute Gasteiger partial charge is 0.220 e. The topological polar surface area (TPSA) is 111 Å². The predicted molar refractivity (Wildman–Crippen MR) is 81.1 cm³/mol. The number of rotatable bonds is 2. The van der Waals surface area contributed by atoms with Crippen molar-refractivity contribution in [1.29, 1.82) is 0 Å². The molecule has 1 aromatic carbocycles. The molecule has 0 atom stereocenters. The van der Waals surface area contributed by atoms with Crippen LogP contribution < -0.4 is 11.5 Å². The zero-order valence-corrected chi connectivity index (χ0v) is 11.4. The van der Waals surface area contributed by atoms with Gasteiger partial charge < -0.3 is 16.6 Å². The molecule has 0 amide bonds. The van der Waals surface area contributed by atoms with Crippen LogP contribution in [-0.4, -0.2) is 20.1 Å². The van der Waals surface area contributed by atoms with Crippen molar-refractivity contribution in [1.82, 2.24) is 15.0 Å². The molecule has 0 unspecified atom stereocenters. The van der Waals surface area contributed by atoms with E-state index in [0.29, 0.717) is 11.4 Å². The van der Waals surface area contributed by atoms with Crippen LogP contribution in [0.4, 0.5) is 16.0 Å². The van der Waals surface area contributed by atoms with Crippen LogP contribution in [0.25, 0.3) is 22.6 Å². The number of aromatic nitrogens is 3. The monoisotopic (exact) mass is 297 g/mol. The van der Waals surface area contributed by atoms with Gasteiger partial charge in [0, 0.05) is 11.8 Å². The summed E-state index contributed by atoms with van der Waals surface area (Å²) in [6.45, 7) is 0. The second kappa shape index (κ2) is 5.28. The first-order valence-electron chi connectivity index (χ1n) is 6.39. The molecule has 0 radical (unpaired) electrons. The fourth-order valence-corrected chi connectivity index (χ4v) is 2.04. The number of nitrogens with two attached hydrogens (primary N) is 2. The third-order valence-corrected chi connectivity index (χ3v) is 3.10. The molecular weight excluding hydrogens is 285 g/mol. The summed E-state index contributed by atoms with van der Waals surface area (Å²) in [5.74, 6) is -0.598. The van der Waals surface area contributed by atoms with E-state index in [2.05, 4.69) is 15.0 Å². The first kappa shape index (κ1) is 13.7. The van der Waals surface area contributed by atoms with E-state index in [0.717, 1.165) is 0 Å². The number of pyridine rings is 1. The summed E-state index contributed by atoms with van der Waals surface area (Å²) >= 11 is 0. The molecule has 3 aromatic rings. The first-order valence-corrected chi connectivity index (χ1v) is 6.39. The number of anilines is 2. The maximum absolute atomic E-state index is 14.1. The highest BCUT2D eigenvalue weighted by atomic mass is 19.1. The van der Waals surface area contributed by atoms with Gasteiger partial charge in [0.2, 0.25) is 5.95 Å². The minimum atomic E-state index is -0.561. The quantitative estimate of drug-likeness (QED) is 0.625. The van der Waals surface area contributed by atoms with Crippen LogP contribution in [0, 0.1) is 5.82 Å². The summed E-state index contributed by atoms with van der Waals surface area (Å²) in [4.78, 5) is 12.1. The molecule has 7 heteroatoms. The lowest BCUT2D eigenvalue weighted by Crippen LogP contribution is -1.98. The van der Waals surface area contributed by atoms with E-state index in [-0.39, 0.29) is 28.6 Å². The zero-order chi connectivity index (χ0) is 15.7. The van der Waals surface area contributed by atoms with E-state index in [4.69, 9.17) is 11.5 Å². The third kappa shape index (κ3) is 2.39. The lowest BCUT2D eigenvalue weighted by molar-refractivity contribution is 0.475. The van der Waals surface area contributed by atoms with Gasteiger partial charge in [-0.25, -0.2) is 19.3 Å². The maximum atomic E-state index is 14.1. The van der Waals surface area contributed by atoms with Gasteiger partial charge in [-0.1, -0.05) is 6.07 Å². The Morgan fingerprint density at radius 2 is 1.77 bits per heavy atom. The van der Waals surface area contributed by atoms with Gasteiger partial charge >= 0.3 is 0 Å². The average Bonchev–Trinajstić information content (AvgIpc) is 2.51. The molecule has 6 nitrogen and oxygen atoms in total. The fraction of sp³-hybridized carbons (Fsp3) is 0. The summed E-state index contributed by atoms with van der Waals surface area (Å²) in [6.07, 6.45) is 1.45. The molecule has 0 saturated carbocycles. The Morgan fingerprint density at radius 1 is 0.955 bits per heavy atom. The summed E-state index contributed by atoms with van der Waals surface area (Å²) in [5.41, 5.74) is 12.2. The average molecular weight is 297 g/mol. The first-order chi connectivity index (χ1) is 10.6. The second-order valence-electron chi connectivity index (χ2n) is 4.57. The normalized spacial score (nSPS) is 10.6. The van der Waals surface area contributed by atoms with Crippen molar-refractivity contribution in [2.75, 3.05) is 11.5 Å². The number of halogens is 1. The van der Waals surface area contributed by atoms with Crippen LogP contribution in [0.15, 0.2) is 42.6 Å². The van der Waals surface area contributed by atoms with Crippen LogP contribution in [-0.2, 0) is 0 Å². The van der Waals surface area contributed by atoms with Crippen LogP contribution in [0.1, 0.15) is 0 Å². The molecular formula is C15H12FN5O. The molecule has 0 aliphatic rings. The zero-order valence-electron chi connectivity index (χ0n) is 11.4. The van der Waals surface area contributed by atoms with Gasteiger partial charge in [-0.15, -0.1) is 0 Å². The van der Waals surface area contributed by atoms with Gasteiger partial charge in [0.15, 0.2) is 5.82 Å². The highest BCUT2D eigenvalue weighted by Gasteiger charge is 2.14. The molecule has 2 aromatic heterocycles. The number of hydrogen-bond acceptors (Lipinski definition) is 6. The van der Waals surface area contributed by atoms with Crippen LogP contribution in [0.5, 0.6) is 5.75 Å². The molecule has 3 rings (SSSR count). The van der Waals surface area contributed by atoms with Gasteiger partial charge in [-0.2, -0.15) is 0 Å². The van der Waals surface area contributed by atoms with Crippen molar-refractivity contribution < 1.29 is 9.50 Å². The molecule has 22 heavy (non-hydrogen) atoms. The SMILES string of the molecule is Nc1nccc(-c2nc(-c3cccc(N)c3F)ccc2O)n1. The number of nitrogen functional groups attached to an aromatic ring is 2. The molecule has 2 heterocycles. The van der Waals surface area contributed by atoms with Crippen molar-refractivity contribution in [3.05, 3.63) is 48.4 Å². The van der Waals surface area contributed by atoms with Gasteiger partial charge in [0.25, 0.3) is 0 Å². The fourth-order valence-electron chi connectivity index (χ4n) is 2.04. The Kier molecular flexibility index (Phi) is 3.30. The summed E-state index contributed by atoms with van der Waals surface area (Å²) in [6, 6.07) is 9.12. The Hall–Kier alpha value is -3.22. The summed E-state index contributed by atoms with van der Waals surface area (Å²) < 4.78 is 14.1. The molecule has 5 N–H and O–H groups in total. The largest absolute Gasteiger partial charge is 0.506 e. The molecule has 0 aliphatic heterocycles. The van der Waals surface area contributed by atoms with Crippen LogP contribution >= 0.6 is 0 Å². The van der Waals surface area contributed by atoms with E-state index < -0.39 is 5.82 Å². The van der Waals surface area contributed by atoms with Crippen molar-refractivity contribution in [2.45, 2.75) is 0 Å². The van der Waals surface area contributed by atoms with Crippen LogP contribution in [0.2, 0.25) is 0 Å². The van der Waals surface area contributed by atoms with Gasteiger partial charge in [0.05, 0.1) is 17.1 Å². The Balaban J connectivity index is 2.17. The number of benzene rings is 1. The summed E-state index contributed by atoms with van der Waals surface area (Å²) in [7, 11) is 0. The molecule has 0 aliphatic carbocycles. The number of hydrogen-bond donors (Lipinski definition) is 3. The van der Waals surface area contributed by atoms with Gasteiger partial charge in [-0.05, 0) is 30.3 Å². The lowest BCUT2D eigenvalue weighted by atomic mass is 10.1. The molecule has 0 spiro atoms. The molecule has 0 fully saturated rings. The number of nitrogens with zero attached hydrogens (tertiary/aromatic N) is 3. The van der Waals surface area contributed by atoms with Crippen molar-refractivity contribution in [2.24, 2.45) is 0 Å². The van der Waals surface area contributed by atoms with Crippen molar-refractivity contribution >= 4 is 11.6 Å². The Bertz CT molecular complexity index is 853.